The average molecular weight is 260 g/mol. The maximum absolute atomic E-state index is 11.7. The highest BCUT2D eigenvalue weighted by Gasteiger charge is 2.26. The molecule has 19 heavy (non-hydrogen) atoms. The van der Waals surface area contributed by atoms with Gasteiger partial charge >= 0.3 is 0 Å². The van der Waals surface area contributed by atoms with Gasteiger partial charge in [0.1, 0.15) is 0 Å². The van der Waals surface area contributed by atoms with Crippen LogP contribution in [0.5, 0.6) is 0 Å². The van der Waals surface area contributed by atoms with Gasteiger partial charge in [-0.1, -0.05) is 24.3 Å². The molecule has 0 unspecified atom stereocenters. The Kier molecular flexibility index (Phi) is 4.25. The number of carbonyl (C=O) groups is 1. The summed E-state index contributed by atoms with van der Waals surface area (Å²) in [5, 5.41) is 6.09. The molecule has 1 aliphatic rings. The number of benzene rings is 1. The van der Waals surface area contributed by atoms with E-state index in [9.17, 15) is 4.79 Å². The Morgan fingerprint density at radius 3 is 2.74 bits per heavy atom. The van der Waals surface area contributed by atoms with E-state index in [1.807, 2.05) is 13.8 Å². The molecule has 1 aliphatic carbocycles. The lowest BCUT2D eigenvalue weighted by Gasteiger charge is -2.23. The summed E-state index contributed by atoms with van der Waals surface area (Å²) in [7, 11) is 1.68. The van der Waals surface area contributed by atoms with E-state index in [0.717, 1.165) is 12.5 Å². The van der Waals surface area contributed by atoms with Crippen LogP contribution in [0.4, 0.5) is 0 Å². The molecule has 104 valence electrons. The van der Waals surface area contributed by atoms with Crippen molar-refractivity contribution < 1.29 is 4.79 Å². The fourth-order valence-electron chi connectivity index (χ4n) is 2.31. The number of carbonyl (C=O) groups excluding carboxylic acids is 1. The zero-order valence-electron chi connectivity index (χ0n) is 12.1. The highest BCUT2D eigenvalue weighted by molar-refractivity contribution is 5.81. The molecule has 2 rings (SSSR count). The molecule has 0 heterocycles. The van der Waals surface area contributed by atoms with E-state index < -0.39 is 0 Å². The Balaban J connectivity index is 1.85. The highest BCUT2D eigenvalue weighted by Crippen LogP contribution is 2.40. The predicted octanol–water partition coefficient (Wildman–Crippen LogP) is 2.43. The van der Waals surface area contributed by atoms with Gasteiger partial charge in [-0.2, -0.15) is 0 Å². The van der Waals surface area contributed by atoms with Crippen LogP contribution < -0.4 is 10.6 Å². The third kappa shape index (κ3) is 3.80. The van der Waals surface area contributed by atoms with E-state index in [-0.39, 0.29) is 11.3 Å². The van der Waals surface area contributed by atoms with Crippen molar-refractivity contribution in [2.75, 3.05) is 13.6 Å². The monoisotopic (exact) mass is 260 g/mol. The second-order valence-electron chi connectivity index (χ2n) is 6.09. The third-order valence-corrected chi connectivity index (χ3v) is 3.74. The van der Waals surface area contributed by atoms with Crippen molar-refractivity contribution in [2.45, 2.75) is 39.2 Å². The summed E-state index contributed by atoms with van der Waals surface area (Å²) >= 11 is 0. The van der Waals surface area contributed by atoms with Crippen LogP contribution >= 0.6 is 0 Å². The molecule has 0 atom stereocenters. The van der Waals surface area contributed by atoms with Gasteiger partial charge in [0.25, 0.3) is 0 Å². The molecule has 1 aromatic carbocycles. The van der Waals surface area contributed by atoms with Crippen LogP contribution in [-0.2, 0) is 11.3 Å². The average Bonchev–Trinajstić information content (AvgIpc) is 3.22. The summed E-state index contributed by atoms with van der Waals surface area (Å²) in [5.74, 6) is 0.869. The van der Waals surface area contributed by atoms with Gasteiger partial charge in [0, 0.05) is 20.1 Å². The van der Waals surface area contributed by atoms with Gasteiger partial charge in [0.05, 0.1) is 5.41 Å². The van der Waals surface area contributed by atoms with Crippen molar-refractivity contribution in [1.82, 2.24) is 10.6 Å². The van der Waals surface area contributed by atoms with Gasteiger partial charge in [-0.25, -0.2) is 0 Å². The van der Waals surface area contributed by atoms with E-state index in [2.05, 4.69) is 34.9 Å². The quantitative estimate of drug-likeness (QED) is 0.825. The van der Waals surface area contributed by atoms with Gasteiger partial charge in [0.2, 0.25) is 5.91 Å². The minimum Gasteiger partial charge on any atom is -0.359 e. The number of rotatable bonds is 6. The zero-order valence-corrected chi connectivity index (χ0v) is 12.1. The predicted molar refractivity (Wildman–Crippen MR) is 78.0 cm³/mol. The molecule has 0 saturated heterocycles. The van der Waals surface area contributed by atoms with Gasteiger partial charge in [-0.3, -0.25) is 4.79 Å². The van der Waals surface area contributed by atoms with Crippen LogP contribution in [0, 0.1) is 5.41 Å². The van der Waals surface area contributed by atoms with Crippen molar-refractivity contribution in [3.8, 4) is 0 Å². The first-order valence-electron chi connectivity index (χ1n) is 7.04. The minimum absolute atomic E-state index is 0.0757. The lowest BCUT2D eigenvalue weighted by atomic mass is 9.92. The van der Waals surface area contributed by atoms with Crippen LogP contribution in [-0.4, -0.2) is 19.5 Å². The number of hydrogen-bond acceptors (Lipinski definition) is 2. The summed E-state index contributed by atoms with van der Waals surface area (Å²) < 4.78 is 0. The normalized spacial score (nSPS) is 15.3. The van der Waals surface area contributed by atoms with Crippen LogP contribution in [0.1, 0.15) is 43.7 Å². The summed E-state index contributed by atoms with van der Waals surface area (Å²) in [6, 6.07) is 8.79. The molecular formula is C16H24N2O. The fraction of sp³-hybridized carbons (Fsp3) is 0.562. The van der Waals surface area contributed by atoms with E-state index in [4.69, 9.17) is 0 Å². The summed E-state index contributed by atoms with van der Waals surface area (Å²) in [4.78, 5) is 11.7. The Labute approximate surface area is 115 Å². The second kappa shape index (κ2) is 5.74. The maximum Gasteiger partial charge on any atom is 0.226 e. The van der Waals surface area contributed by atoms with Gasteiger partial charge in [0.15, 0.2) is 0 Å². The van der Waals surface area contributed by atoms with Crippen molar-refractivity contribution >= 4 is 5.91 Å². The van der Waals surface area contributed by atoms with Crippen molar-refractivity contribution in [3.63, 3.8) is 0 Å². The first-order chi connectivity index (χ1) is 9.03. The highest BCUT2D eigenvalue weighted by atomic mass is 16.2. The van der Waals surface area contributed by atoms with E-state index in [0.29, 0.717) is 6.54 Å². The second-order valence-corrected chi connectivity index (χ2v) is 6.09. The maximum atomic E-state index is 11.7. The number of amides is 1. The molecule has 1 aromatic rings. The minimum atomic E-state index is -0.372. The Morgan fingerprint density at radius 1 is 1.37 bits per heavy atom. The zero-order chi connectivity index (χ0) is 13.9. The lowest BCUT2D eigenvalue weighted by molar-refractivity contribution is -0.128. The van der Waals surface area contributed by atoms with Crippen LogP contribution in [0.15, 0.2) is 24.3 Å². The Bertz CT molecular complexity index is 450. The van der Waals surface area contributed by atoms with E-state index >= 15 is 0 Å². The van der Waals surface area contributed by atoms with Crippen LogP contribution in [0.25, 0.3) is 0 Å². The standard InChI is InChI=1S/C16H24N2O/c1-16(2,15(19)17-3)11-18-10-12-5-4-6-14(9-12)13-7-8-13/h4-6,9,13,18H,7-8,10-11H2,1-3H3,(H,17,19). The fourth-order valence-corrected chi connectivity index (χ4v) is 2.31. The topological polar surface area (TPSA) is 41.1 Å². The van der Waals surface area contributed by atoms with Crippen molar-refractivity contribution in [2.24, 2.45) is 5.41 Å². The van der Waals surface area contributed by atoms with Crippen molar-refractivity contribution in [1.29, 1.82) is 0 Å². The Morgan fingerprint density at radius 2 is 2.11 bits per heavy atom. The molecule has 0 spiro atoms. The van der Waals surface area contributed by atoms with Gasteiger partial charge in [-0.05, 0) is 43.7 Å². The molecule has 3 heteroatoms. The van der Waals surface area contributed by atoms with Gasteiger partial charge in [-0.15, -0.1) is 0 Å². The molecule has 0 aliphatic heterocycles. The van der Waals surface area contributed by atoms with E-state index in [1.165, 1.54) is 24.0 Å². The SMILES string of the molecule is CNC(=O)C(C)(C)CNCc1cccc(C2CC2)c1. The third-order valence-electron chi connectivity index (χ3n) is 3.74. The van der Waals surface area contributed by atoms with Crippen LogP contribution in [0.2, 0.25) is 0 Å². The molecule has 1 amide bonds. The Hall–Kier alpha value is -1.35. The lowest BCUT2D eigenvalue weighted by Crippen LogP contribution is -2.41. The summed E-state index contributed by atoms with van der Waals surface area (Å²) in [6.45, 7) is 5.42. The smallest absolute Gasteiger partial charge is 0.226 e. The molecule has 1 saturated carbocycles. The van der Waals surface area contributed by atoms with E-state index in [1.54, 1.807) is 7.05 Å². The molecule has 0 bridgehead atoms. The number of hydrogen-bond donors (Lipinski definition) is 2. The van der Waals surface area contributed by atoms with Crippen molar-refractivity contribution in [3.05, 3.63) is 35.4 Å². The number of nitrogens with one attached hydrogen (secondary N) is 2. The molecule has 0 radical (unpaired) electrons. The summed E-state index contributed by atoms with van der Waals surface area (Å²) in [6.07, 6.45) is 2.67. The molecule has 3 nitrogen and oxygen atoms in total. The molecule has 0 aromatic heterocycles. The molecular weight excluding hydrogens is 236 g/mol. The van der Waals surface area contributed by atoms with Crippen LogP contribution in [0.3, 0.4) is 0 Å². The molecule has 1 fully saturated rings. The van der Waals surface area contributed by atoms with Gasteiger partial charge < -0.3 is 10.6 Å². The first-order valence-corrected chi connectivity index (χ1v) is 7.04. The molecule has 2 N–H and O–H groups in total. The first kappa shape index (κ1) is 14.1. The summed E-state index contributed by atoms with van der Waals surface area (Å²) in [5.41, 5.74) is 2.39. The largest absolute Gasteiger partial charge is 0.359 e.